The molecule has 22 heavy (non-hydrogen) atoms. The molecule has 0 fully saturated rings. The highest BCUT2D eigenvalue weighted by Gasteiger charge is 2.26. The number of para-hydroxylation sites is 1. The number of aryl methyl sites for hydroxylation is 1. The van der Waals surface area contributed by atoms with Crippen molar-refractivity contribution in [1.82, 2.24) is 4.98 Å². The van der Waals surface area contributed by atoms with E-state index in [4.69, 9.17) is 4.74 Å². The zero-order valence-corrected chi connectivity index (χ0v) is 12.3. The number of ether oxygens (including phenoxy) is 1. The third kappa shape index (κ3) is 2.50. The molecule has 6 nitrogen and oxygen atoms in total. The third-order valence-corrected chi connectivity index (χ3v) is 3.47. The molecule has 1 aromatic heterocycles. The lowest BCUT2D eigenvalue weighted by Crippen LogP contribution is -2.36. The number of anilines is 2. The van der Waals surface area contributed by atoms with Gasteiger partial charge < -0.3 is 15.0 Å². The van der Waals surface area contributed by atoms with Crippen molar-refractivity contribution in [3.05, 3.63) is 47.8 Å². The molecule has 1 aliphatic rings. The first-order valence-corrected chi connectivity index (χ1v) is 6.82. The molecule has 1 N–H and O–H groups in total. The molecule has 6 heteroatoms. The van der Waals surface area contributed by atoms with Crippen molar-refractivity contribution in [2.24, 2.45) is 0 Å². The number of benzene rings is 1. The van der Waals surface area contributed by atoms with E-state index in [9.17, 15) is 9.59 Å². The summed E-state index contributed by atoms with van der Waals surface area (Å²) in [7, 11) is 1.66. The average Bonchev–Trinajstić information content (AvgIpc) is 2.50. The Kier molecular flexibility index (Phi) is 3.50. The van der Waals surface area contributed by atoms with Gasteiger partial charge in [-0.25, -0.2) is 0 Å². The van der Waals surface area contributed by atoms with Crippen LogP contribution in [0.1, 0.15) is 16.1 Å². The van der Waals surface area contributed by atoms with Crippen LogP contribution in [-0.4, -0.2) is 30.5 Å². The Morgan fingerprint density at radius 3 is 2.95 bits per heavy atom. The number of likely N-dealkylation sites (N-methyl/N-ethyl adjacent to an activating group) is 1. The SMILES string of the molecule is Cc1cc(NC(=O)c2cccc3c2OCC(=O)N3C)ccn1. The predicted octanol–water partition coefficient (Wildman–Crippen LogP) is 2.00. The third-order valence-electron chi connectivity index (χ3n) is 3.47. The zero-order valence-electron chi connectivity index (χ0n) is 12.3. The van der Waals surface area contributed by atoms with Gasteiger partial charge in [0.15, 0.2) is 12.4 Å². The summed E-state index contributed by atoms with van der Waals surface area (Å²) in [5.74, 6) is -0.00658. The molecule has 1 aliphatic heterocycles. The second-order valence-electron chi connectivity index (χ2n) is 5.04. The van der Waals surface area contributed by atoms with E-state index in [1.165, 1.54) is 4.90 Å². The molecule has 112 valence electrons. The predicted molar refractivity (Wildman–Crippen MR) is 82.3 cm³/mol. The van der Waals surface area contributed by atoms with E-state index in [1.54, 1.807) is 43.6 Å². The number of rotatable bonds is 2. The van der Waals surface area contributed by atoms with E-state index in [0.717, 1.165) is 5.69 Å². The van der Waals surface area contributed by atoms with Crippen LogP contribution in [0.5, 0.6) is 5.75 Å². The molecule has 2 aromatic rings. The first kappa shape index (κ1) is 14.1. The number of carbonyl (C=O) groups is 2. The summed E-state index contributed by atoms with van der Waals surface area (Å²) in [6.45, 7) is 1.78. The standard InChI is InChI=1S/C16H15N3O3/c1-10-8-11(6-7-17-10)18-16(21)12-4-3-5-13-15(12)22-9-14(20)19(13)2/h3-8H,9H2,1-2H3,(H,17,18,21). The largest absolute Gasteiger partial charge is 0.481 e. The minimum atomic E-state index is -0.287. The van der Waals surface area contributed by atoms with Crippen LogP contribution in [0.15, 0.2) is 36.5 Å². The minimum Gasteiger partial charge on any atom is -0.481 e. The van der Waals surface area contributed by atoms with Crippen molar-refractivity contribution < 1.29 is 14.3 Å². The molecule has 0 saturated carbocycles. The average molecular weight is 297 g/mol. The van der Waals surface area contributed by atoms with Gasteiger partial charge in [-0.3, -0.25) is 14.6 Å². The minimum absolute atomic E-state index is 0.0673. The van der Waals surface area contributed by atoms with Crippen LogP contribution >= 0.6 is 0 Å². The van der Waals surface area contributed by atoms with Crippen molar-refractivity contribution in [3.63, 3.8) is 0 Å². The summed E-state index contributed by atoms with van der Waals surface area (Å²) in [5, 5.41) is 2.81. The zero-order chi connectivity index (χ0) is 15.7. The Bertz CT molecular complexity index is 758. The van der Waals surface area contributed by atoms with Crippen molar-refractivity contribution in [3.8, 4) is 5.75 Å². The molecular formula is C16H15N3O3. The fourth-order valence-electron chi connectivity index (χ4n) is 2.31. The topological polar surface area (TPSA) is 71.5 Å². The Balaban J connectivity index is 1.92. The number of aromatic nitrogens is 1. The highest BCUT2D eigenvalue weighted by molar-refractivity contribution is 6.09. The number of pyridine rings is 1. The summed E-state index contributed by atoms with van der Waals surface area (Å²) >= 11 is 0. The monoisotopic (exact) mass is 297 g/mol. The van der Waals surface area contributed by atoms with Crippen molar-refractivity contribution in [2.75, 3.05) is 23.9 Å². The molecular weight excluding hydrogens is 282 g/mol. The van der Waals surface area contributed by atoms with E-state index in [1.807, 2.05) is 6.92 Å². The Morgan fingerprint density at radius 1 is 1.36 bits per heavy atom. The molecule has 2 amide bonds. The number of carbonyl (C=O) groups excluding carboxylic acids is 2. The van der Waals surface area contributed by atoms with Crippen molar-refractivity contribution in [2.45, 2.75) is 6.92 Å². The molecule has 0 unspecified atom stereocenters. The Morgan fingerprint density at radius 2 is 2.18 bits per heavy atom. The summed E-state index contributed by atoms with van der Waals surface area (Å²) in [6.07, 6.45) is 1.63. The Hall–Kier alpha value is -2.89. The number of nitrogens with one attached hydrogen (secondary N) is 1. The van der Waals surface area contributed by atoms with E-state index >= 15 is 0 Å². The number of hydrogen-bond donors (Lipinski definition) is 1. The van der Waals surface area contributed by atoms with Gasteiger partial charge in [0.25, 0.3) is 11.8 Å². The molecule has 0 bridgehead atoms. The van der Waals surface area contributed by atoms with Gasteiger partial charge in [-0.15, -0.1) is 0 Å². The summed E-state index contributed by atoms with van der Waals surface area (Å²) < 4.78 is 5.46. The summed E-state index contributed by atoms with van der Waals surface area (Å²) in [5.41, 5.74) is 2.46. The molecule has 0 spiro atoms. The second kappa shape index (κ2) is 5.48. The van der Waals surface area contributed by atoms with Gasteiger partial charge in [0.1, 0.15) is 0 Å². The molecule has 1 aromatic carbocycles. The Labute approximate surface area is 127 Å². The van der Waals surface area contributed by atoms with Crippen LogP contribution in [0.4, 0.5) is 11.4 Å². The van der Waals surface area contributed by atoms with Crippen LogP contribution < -0.4 is 15.0 Å². The van der Waals surface area contributed by atoms with Gasteiger partial charge >= 0.3 is 0 Å². The lowest BCUT2D eigenvalue weighted by molar-refractivity contribution is -0.121. The number of amides is 2. The number of nitrogens with zero attached hydrogens (tertiary/aromatic N) is 2. The first-order valence-electron chi connectivity index (χ1n) is 6.82. The van der Waals surface area contributed by atoms with E-state index in [0.29, 0.717) is 22.7 Å². The molecule has 0 radical (unpaired) electrons. The van der Waals surface area contributed by atoms with Crippen LogP contribution in [0.2, 0.25) is 0 Å². The quantitative estimate of drug-likeness (QED) is 0.920. The number of hydrogen-bond acceptors (Lipinski definition) is 4. The van der Waals surface area contributed by atoms with Gasteiger partial charge in [-0.2, -0.15) is 0 Å². The summed E-state index contributed by atoms with van der Waals surface area (Å²) in [4.78, 5) is 29.7. The maximum atomic E-state index is 12.5. The van der Waals surface area contributed by atoms with E-state index < -0.39 is 0 Å². The maximum absolute atomic E-state index is 12.5. The van der Waals surface area contributed by atoms with Crippen molar-refractivity contribution in [1.29, 1.82) is 0 Å². The fraction of sp³-hybridized carbons (Fsp3) is 0.188. The van der Waals surface area contributed by atoms with Crippen LogP contribution in [0, 0.1) is 6.92 Å². The van der Waals surface area contributed by atoms with Gasteiger partial charge in [0.05, 0.1) is 11.3 Å². The van der Waals surface area contributed by atoms with E-state index in [2.05, 4.69) is 10.3 Å². The molecule has 2 heterocycles. The van der Waals surface area contributed by atoms with E-state index in [-0.39, 0.29) is 18.4 Å². The van der Waals surface area contributed by atoms with Gasteiger partial charge in [-0.1, -0.05) is 6.07 Å². The molecule has 3 rings (SSSR count). The number of fused-ring (bicyclic) bond motifs is 1. The normalized spacial score (nSPS) is 13.4. The van der Waals surface area contributed by atoms with Crippen molar-refractivity contribution >= 4 is 23.2 Å². The maximum Gasteiger partial charge on any atom is 0.264 e. The van der Waals surface area contributed by atoms with Crippen LogP contribution in [-0.2, 0) is 4.79 Å². The second-order valence-corrected chi connectivity index (χ2v) is 5.04. The molecule has 0 aliphatic carbocycles. The van der Waals surface area contributed by atoms with Gasteiger partial charge in [0.2, 0.25) is 0 Å². The van der Waals surface area contributed by atoms with Crippen LogP contribution in [0.25, 0.3) is 0 Å². The lowest BCUT2D eigenvalue weighted by Gasteiger charge is -2.27. The fourth-order valence-corrected chi connectivity index (χ4v) is 2.31. The smallest absolute Gasteiger partial charge is 0.264 e. The lowest BCUT2D eigenvalue weighted by atomic mass is 10.1. The highest BCUT2D eigenvalue weighted by atomic mass is 16.5. The summed E-state index contributed by atoms with van der Waals surface area (Å²) in [6, 6.07) is 8.65. The molecule has 0 atom stereocenters. The molecule has 0 saturated heterocycles. The van der Waals surface area contributed by atoms with Crippen LogP contribution in [0.3, 0.4) is 0 Å². The first-order chi connectivity index (χ1) is 10.6. The van der Waals surface area contributed by atoms with Gasteiger partial charge in [-0.05, 0) is 31.2 Å². The highest BCUT2D eigenvalue weighted by Crippen LogP contribution is 2.34. The van der Waals surface area contributed by atoms with Gasteiger partial charge in [0, 0.05) is 24.6 Å².